The van der Waals surface area contributed by atoms with Crippen LogP contribution in [0.1, 0.15) is 12.8 Å². The number of hydrogen-bond acceptors (Lipinski definition) is 4. The van der Waals surface area contributed by atoms with E-state index in [0.717, 1.165) is 32.0 Å². The van der Waals surface area contributed by atoms with E-state index < -0.39 is 0 Å². The highest BCUT2D eigenvalue weighted by Crippen LogP contribution is 2.23. The molecule has 0 bridgehead atoms. The highest BCUT2D eigenvalue weighted by molar-refractivity contribution is 5.31. The number of imidazole rings is 1. The predicted molar refractivity (Wildman–Crippen MR) is 58.7 cm³/mol. The molecule has 1 aliphatic rings. The summed E-state index contributed by atoms with van der Waals surface area (Å²) in [6.07, 6.45) is 5.59. The van der Waals surface area contributed by atoms with Crippen LogP contribution in [0.15, 0.2) is 12.4 Å². The minimum Gasteiger partial charge on any atom is -0.381 e. The lowest BCUT2D eigenvalue weighted by atomic mass is 9.90. The van der Waals surface area contributed by atoms with Crippen LogP contribution in [0.2, 0.25) is 0 Å². The van der Waals surface area contributed by atoms with Crippen LogP contribution in [0, 0.1) is 0 Å². The van der Waals surface area contributed by atoms with E-state index >= 15 is 0 Å². The van der Waals surface area contributed by atoms with Gasteiger partial charge in [-0.25, -0.2) is 4.98 Å². The van der Waals surface area contributed by atoms with Crippen molar-refractivity contribution in [1.29, 1.82) is 0 Å². The zero-order valence-corrected chi connectivity index (χ0v) is 9.07. The fraction of sp³-hybridized carbons (Fsp3) is 0.700. The van der Waals surface area contributed by atoms with Gasteiger partial charge in [0.15, 0.2) is 0 Å². The molecule has 0 saturated carbocycles. The van der Waals surface area contributed by atoms with Crippen LogP contribution in [-0.4, -0.2) is 34.8 Å². The zero-order valence-electron chi connectivity index (χ0n) is 9.07. The second-order valence-corrected chi connectivity index (χ2v) is 4.08. The Labute approximate surface area is 89.6 Å². The molecule has 2 heterocycles. The molecule has 1 aromatic rings. The summed E-state index contributed by atoms with van der Waals surface area (Å²) in [6.45, 7) is 2.16. The molecule has 0 spiro atoms. The molecule has 0 unspecified atom stereocenters. The first-order valence-electron chi connectivity index (χ1n) is 5.29. The van der Waals surface area contributed by atoms with Gasteiger partial charge in [-0.3, -0.25) is 0 Å². The van der Waals surface area contributed by atoms with Crippen LogP contribution in [-0.2, 0) is 11.8 Å². The van der Waals surface area contributed by atoms with Gasteiger partial charge < -0.3 is 20.4 Å². The van der Waals surface area contributed by atoms with Crippen molar-refractivity contribution in [1.82, 2.24) is 9.55 Å². The fourth-order valence-corrected chi connectivity index (χ4v) is 1.87. The second kappa shape index (κ2) is 4.20. The molecule has 3 N–H and O–H groups in total. The summed E-state index contributed by atoms with van der Waals surface area (Å²) in [5.41, 5.74) is 5.81. The van der Waals surface area contributed by atoms with E-state index in [1.165, 1.54) is 0 Å². The Bertz CT molecular complexity index is 317. The minimum absolute atomic E-state index is 0.0443. The van der Waals surface area contributed by atoms with Gasteiger partial charge >= 0.3 is 0 Å². The Morgan fingerprint density at radius 3 is 2.87 bits per heavy atom. The Hall–Kier alpha value is -1.07. The van der Waals surface area contributed by atoms with Gasteiger partial charge in [-0.2, -0.15) is 0 Å². The van der Waals surface area contributed by atoms with Gasteiger partial charge in [-0.15, -0.1) is 0 Å². The van der Waals surface area contributed by atoms with Gasteiger partial charge in [-0.05, 0) is 12.8 Å². The number of rotatable bonds is 3. The SMILES string of the molecule is Cn1ccnc1NC1(CN)CCOCC1. The number of anilines is 1. The predicted octanol–water partition coefficient (Wildman–Crippen LogP) is 0.340. The molecule has 5 nitrogen and oxygen atoms in total. The fourth-order valence-electron chi connectivity index (χ4n) is 1.87. The number of aromatic nitrogens is 2. The van der Waals surface area contributed by atoms with E-state index in [-0.39, 0.29) is 5.54 Å². The molecule has 0 aliphatic carbocycles. The smallest absolute Gasteiger partial charge is 0.202 e. The van der Waals surface area contributed by atoms with Gasteiger partial charge in [0.05, 0.1) is 5.54 Å². The monoisotopic (exact) mass is 210 g/mol. The van der Waals surface area contributed by atoms with Gasteiger partial charge in [0.2, 0.25) is 5.95 Å². The zero-order chi connectivity index (χ0) is 10.7. The number of ether oxygens (including phenoxy) is 1. The third-order valence-corrected chi connectivity index (χ3v) is 3.04. The standard InChI is InChI=1S/C10H18N4O/c1-14-5-4-12-9(14)13-10(8-11)2-6-15-7-3-10/h4-5H,2-3,6-8,11H2,1H3,(H,12,13). The molecule has 1 saturated heterocycles. The van der Waals surface area contributed by atoms with Crippen LogP contribution in [0.25, 0.3) is 0 Å². The molecule has 84 valence electrons. The van der Waals surface area contributed by atoms with E-state index in [4.69, 9.17) is 10.5 Å². The molecule has 5 heteroatoms. The van der Waals surface area contributed by atoms with Crippen molar-refractivity contribution in [3.63, 3.8) is 0 Å². The number of aryl methyl sites for hydroxylation is 1. The molecule has 1 fully saturated rings. The highest BCUT2D eigenvalue weighted by Gasteiger charge is 2.31. The summed E-state index contributed by atoms with van der Waals surface area (Å²) >= 11 is 0. The van der Waals surface area contributed by atoms with E-state index in [0.29, 0.717) is 6.54 Å². The van der Waals surface area contributed by atoms with Gasteiger partial charge in [-0.1, -0.05) is 0 Å². The molecular formula is C10H18N4O. The van der Waals surface area contributed by atoms with Gasteiger partial charge in [0.1, 0.15) is 0 Å². The Morgan fingerprint density at radius 1 is 1.60 bits per heavy atom. The maximum atomic E-state index is 5.85. The lowest BCUT2D eigenvalue weighted by molar-refractivity contribution is 0.0625. The van der Waals surface area contributed by atoms with Crippen LogP contribution in [0.5, 0.6) is 0 Å². The molecule has 2 rings (SSSR count). The number of nitrogens with one attached hydrogen (secondary N) is 1. The molecule has 15 heavy (non-hydrogen) atoms. The van der Waals surface area contributed by atoms with Crippen LogP contribution in [0.3, 0.4) is 0 Å². The van der Waals surface area contributed by atoms with Crippen LogP contribution in [0.4, 0.5) is 5.95 Å². The molecule has 0 atom stereocenters. The van der Waals surface area contributed by atoms with Gasteiger partial charge in [0.25, 0.3) is 0 Å². The van der Waals surface area contributed by atoms with E-state index in [1.54, 1.807) is 6.20 Å². The van der Waals surface area contributed by atoms with E-state index in [9.17, 15) is 0 Å². The molecule has 0 radical (unpaired) electrons. The average molecular weight is 210 g/mol. The molecule has 0 amide bonds. The maximum Gasteiger partial charge on any atom is 0.202 e. The highest BCUT2D eigenvalue weighted by atomic mass is 16.5. The maximum absolute atomic E-state index is 5.85. The number of hydrogen-bond donors (Lipinski definition) is 2. The van der Waals surface area contributed by atoms with Crippen LogP contribution < -0.4 is 11.1 Å². The van der Waals surface area contributed by atoms with Crippen molar-refractivity contribution in [2.45, 2.75) is 18.4 Å². The van der Waals surface area contributed by atoms with E-state index in [2.05, 4.69) is 10.3 Å². The Balaban J connectivity index is 2.10. The lowest BCUT2D eigenvalue weighted by Crippen LogP contribution is -2.50. The average Bonchev–Trinajstić information content (AvgIpc) is 2.66. The third-order valence-electron chi connectivity index (χ3n) is 3.04. The summed E-state index contributed by atoms with van der Waals surface area (Å²) in [4.78, 5) is 4.26. The lowest BCUT2D eigenvalue weighted by Gasteiger charge is -2.37. The summed E-state index contributed by atoms with van der Waals surface area (Å²) in [5, 5.41) is 3.44. The quantitative estimate of drug-likeness (QED) is 0.755. The van der Waals surface area contributed by atoms with Crippen LogP contribution >= 0.6 is 0 Å². The Kier molecular flexibility index (Phi) is 2.93. The Morgan fingerprint density at radius 2 is 2.33 bits per heavy atom. The van der Waals surface area contributed by atoms with Crippen molar-refractivity contribution in [2.24, 2.45) is 12.8 Å². The summed E-state index contributed by atoms with van der Waals surface area (Å²) in [6, 6.07) is 0. The summed E-state index contributed by atoms with van der Waals surface area (Å²) in [7, 11) is 1.97. The number of nitrogens with zero attached hydrogens (tertiary/aromatic N) is 2. The topological polar surface area (TPSA) is 65.1 Å². The van der Waals surface area contributed by atoms with E-state index in [1.807, 2.05) is 17.8 Å². The third kappa shape index (κ3) is 2.13. The van der Waals surface area contributed by atoms with Crippen molar-refractivity contribution in [3.05, 3.63) is 12.4 Å². The summed E-state index contributed by atoms with van der Waals surface area (Å²) in [5.74, 6) is 0.877. The minimum atomic E-state index is -0.0443. The first-order valence-corrected chi connectivity index (χ1v) is 5.29. The molecule has 1 aromatic heterocycles. The second-order valence-electron chi connectivity index (χ2n) is 4.08. The largest absolute Gasteiger partial charge is 0.381 e. The van der Waals surface area contributed by atoms with Gasteiger partial charge in [0, 0.05) is 39.2 Å². The molecule has 1 aliphatic heterocycles. The first-order chi connectivity index (χ1) is 7.26. The molecular weight excluding hydrogens is 192 g/mol. The van der Waals surface area contributed by atoms with Crippen molar-refractivity contribution in [2.75, 3.05) is 25.1 Å². The number of nitrogens with two attached hydrogens (primary N) is 1. The molecule has 0 aromatic carbocycles. The van der Waals surface area contributed by atoms with Crippen molar-refractivity contribution >= 4 is 5.95 Å². The summed E-state index contributed by atoms with van der Waals surface area (Å²) < 4.78 is 7.32. The van der Waals surface area contributed by atoms with Crippen molar-refractivity contribution in [3.8, 4) is 0 Å². The normalized spacial score (nSPS) is 20.1. The first kappa shape index (κ1) is 10.4. The van der Waals surface area contributed by atoms with Crippen molar-refractivity contribution < 1.29 is 4.74 Å².